The van der Waals surface area contributed by atoms with E-state index in [9.17, 15) is 18.0 Å². The van der Waals surface area contributed by atoms with Gasteiger partial charge in [0.25, 0.3) is 0 Å². The lowest BCUT2D eigenvalue weighted by Gasteiger charge is -2.34. The average molecular weight is 331 g/mol. The predicted octanol–water partition coefficient (Wildman–Crippen LogP) is 4.70. The van der Waals surface area contributed by atoms with Gasteiger partial charge < -0.3 is 5.73 Å². The number of carbonyl (C=O) groups excluding carboxylic acids is 1. The molecule has 2 aliphatic rings. The monoisotopic (exact) mass is 331 g/mol. The van der Waals surface area contributed by atoms with Crippen LogP contribution in [0.15, 0.2) is 12.1 Å². The summed E-state index contributed by atoms with van der Waals surface area (Å²) in [6, 6.07) is 2.71. The van der Waals surface area contributed by atoms with Crippen molar-refractivity contribution >= 4 is 17.2 Å². The molecule has 2 nitrogen and oxygen atoms in total. The van der Waals surface area contributed by atoms with Gasteiger partial charge in [0.15, 0.2) is 0 Å². The zero-order chi connectivity index (χ0) is 16.0. The quantitative estimate of drug-likeness (QED) is 0.854. The number of hydrogen-bond donors (Lipinski definition) is 1. The lowest BCUT2D eigenvalue weighted by atomic mass is 9.71. The van der Waals surface area contributed by atoms with Crippen LogP contribution in [-0.2, 0) is 11.0 Å². The van der Waals surface area contributed by atoms with E-state index < -0.39 is 16.5 Å². The van der Waals surface area contributed by atoms with Crippen molar-refractivity contribution in [1.82, 2.24) is 0 Å². The number of nitrogens with two attached hydrogens (primary N) is 1. The molecule has 1 aromatic heterocycles. The summed E-state index contributed by atoms with van der Waals surface area (Å²) >= 11 is 0.793. The predicted molar refractivity (Wildman–Crippen MR) is 79.5 cm³/mol. The zero-order valence-electron chi connectivity index (χ0n) is 12.3. The molecule has 0 spiro atoms. The van der Waals surface area contributed by atoms with Crippen molar-refractivity contribution in [3.8, 4) is 0 Å². The summed E-state index contributed by atoms with van der Waals surface area (Å²) in [5, 5.41) is 0. The molecule has 0 aromatic carbocycles. The van der Waals surface area contributed by atoms with Crippen molar-refractivity contribution in [3.05, 3.63) is 21.9 Å². The minimum atomic E-state index is -4.32. The van der Waals surface area contributed by atoms with E-state index in [0.29, 0.717) is 17.7 Å². The Morgan fingerprint density at radius 1 is 1.23 bits per heavy atom. The Kier molecular flexibility index (Phi) is 4.00. The maximum Gasteiger partial charge on any atom is 0.425 e. The normalized spacial score (nSPS) is 23.2. The fourth-order valence-electron chi connectivity index (χ4n) is 3.94. The standard InChI is InChI=1S/C16H20F3NOS/c17-16(18,19)12-7-6-11(22-12)13(10-4-2-1-3-5-10)15(8-9-15)14(20)21/h6-7,10,13H,1-5,8-9H2,(H2,20,21)/t13-/m1/s1. The van der Waals surface area contributed by atoms with Crippen LogP contribution in [0.4, 0.5) is 13.2 Å². The summed E-state index contributed by atoms with van der Waals surface area (Å²) in [7, 11) is 0. The maximum absolute atomic E-state index is 12.9. The first-order chi connectivity index (χ1) is 10.3. The fraction of sp³-hybridized carbons (Fsp3) is 0.688. The van der Waals surface area contributed by atoms with Crippen LogP contribution in [0.5, 0.6) is 0 Å². The van der Waals surface area contributed by atoms with Gasteiger partial charge >= 0.3 is 6.18 Å². The molecule has 0 aliphatic heterocycles. The van der Waals surface area contributed by atoms with E-state index in [0.717, 1.165) is 43.1 Å². The first kappa shape index (κ1) is 15.8. The molecule has 0 bridgehead atoms. The van der Waals surface area contributed by atoms with Crippen LogP contribution in [0.3, 0.4) is 0 Å². The van der Waals surface area contributed by atoms with Gasteiger partial charge in [-0.1, -0.05) is 19.3 Å². The highest BCUT2D eigenvalue weighted by atomic mass is 32.1. The molecule has 2 N–H and O–H groups in total. The van der Waals surface area contributed by atoms with Crippen LogP contribution < -0.4 is 5.73 Å². The van der Waals surface area contributed by atoms with E-state index in [4.69, 9.17) is 5.73 Å². The van der Waals surface area contributed by atoms with Gasteiger partial charge in [-0.3, -0.25) is 4.79 Å². The van der Waals surface area contributed by atoms with Gasteiger partial charge in [-0.2, -0.15) is 13.2 Å². The lowest BCUT2D eigenvalue weighted by Crippen LogP contribution is -2.34. The summed E-state index contributed by atoms with van der Waals surface area (Å²) in [6.07, 6.45) is 2.43. The Balaban J connectivity index is 1.95. The van der Waals surface area contributed by atoms with Crippen molar-refractivity contribution in [2.45, 2.75) is 57.0 Å². The number of halogens is 3. The second-order valence-corrected chi connectivity index (χ2v) is 7.71. The topological polar surface area (TPSA) is 43.1 Å². The van der Waals surface area contributed by atoms with Crippen molar-refractivity contribution in [2.24, 2.45) is 17.1 Å². The average Bonchev–Trinajstić information content (AvgIpc) is 3.09. The molecule has 122 valence electrons. The van der Waals surface area contributed by atoms with Crippen LogP contribution in [-0.4, -0.2) is 5.91 Å². The summed E-state index contributed by atoms with van der Waals surface area (Å²) < 4.78 is 38.7. The van der Waals surface area contributed by atoms with E-state index in [1.165, 1.54) is 6.42 Å². The Morgan fingerprint density at radius 3 is 2.32 bits per heavy atom. The number of thiophene rings is 1. The molecular formula is C16H20F3NOS. The summed E-state index contributed by atoms with van der Waals surface area (Å²) in [5.74, 6) is -0.195. The largest absolute Gasteiger partial charge is 0.425 e. The molecule has 1 amide bonds. The molecule has 2 fully saturated rings. The van der Waals surface area contributed by atoms with Gasteiger partial charge in [0, 0.05) is 10.8 Å². The van der Waals surface area contributed by atoms with Gasteiger partial charge in [0.05, 0.1) is 5.41 Å². The van der Waals surface area contributed by atoms with E-state index in [1.807, 2.05) is 0 Å². The van der Waals surface area contributed by atoms with Gasteiger partial charge in [0.2, 0.25) is 5.91 Å². The molecule has 1 aromatic rings. The van der Waals surface area contributed by atoms with Crippen LogP contribution in [0, 0.1) is 11.3 Å². The number of primary amides is 1. The maximum atomic E-state index is 12.9. The van der Waals surface area contributed by atoms with Crippen molar-refractivity contribution < 1.29 is 18.0 Å². The Hall–Kier alpha value is -1.04. The van der Waals surface area contributed by atoms with Crippen LogP contribution >= 0.6 is 11.3 Å². The minimum Gasteiger partial charge on any atom is -0.369 e. The van der Waals surface area contributed by atoms with Crippen molar-refractivity contribution in [1.29, 1.82) is 0 Å². The molecule has 1 heterocycles. The third-order valence-electron chi connectivity index (χ3n) is 5.21. The van der Waals surface area contributed by atoms with Gasteiger partial charge in [0.1, 0.15) is 4.88 Å². The molecule has 0 unspecified atom stereocenters. The van der Waals surface area contributed by atoms with Crippen LogP contribution in [0.1, 0.15) is 60.6 Å². The molecule has 6 heteroatoms. The van der Waals surface area contributed by atoms with E-state index in [-0.39, 0.29) is 17.7 Å². The van der Waals surface area contributed by atoms with E-state index in [1.54, 1.807) is 6.07 Å². The highest BCUT2D eigenvalue weighted by Crippen LogP contribution is 2.61. The van der Waals surface area contributed by atoms with Gasteiger partial charge in [-0.15, -0.1) is 11.3 Å². The van der Waals surface area contributed by atoms with Gasteiger partial charge in [-0.25, -0.2) is 0 Å². The highest BCUT2D eigenvalue weighted by Gasteiger charge is 2.57. The van der Waals surface area contributed by atoms with E-state index in [2.05, 4.69) is 0 Å². The van der Waals surface area contributed by atoms with Crippen molar-refractivity contribution in [3.63, 3.8) is 0 Å². The summed E-state index contributed by atoms with van der Waals surface area (Å²) in [4.78, 5) is 12.1. The van der Waals surface area contributed by atoms with Crippen LogP contribution in [0.25, 0.3) is 0 Å². The van der Waals surface area contributed by atoms with Crippen molar-refractivity contribution in [2.75, 3.05) is 0 Å². The van der Waals surface area contributed by atoms with Crippen LogP contribution in [0.2, 0.25) is 0 Å². The molecule has 0 radical (unpaired) electrons. The summed E-state index contributed by atoms with van der Waals surface area (Å²) in [6.45, 7) is 0. The highest BCUT2D eigenvalue weighted by molar-refractivity contribution is 7.12. The SMILES string of the molecule is NC(=O)C1([C@@H](c2ccc(C(F)(F)F)s2)C2CCCCC2)CC1. The third kappa shape index (κ3) is 2.77. The molecule has 3 rings (SSSR count). The Morgan fingerprint density at radius 2 is 1.86 bits per heavy atom. The Bertz CT molecular complexity index is 556. The number of hydrogen-bond acceptors (Lipinski definition) is 2. The van der Waals surface area contributed by atoms with E-state index >= 15 is 0 Å². The zero-order valence-corrected chi connectivity index (χ0v) is 13.1. The lowest BCUT2D eigenvalue weighted by molar-refractivity contribution is -0.134. The number of amides is 1. The number of alkyl halides is 3. The first-order valence-corrected chi connectivity index (χ1v) is 8.63. The smallest absolute Gasteiger partial charge is 0.369 e. The molecule has 0 saturated heterocycles. The summed E-state index contributed by atoms with van der Waals surface area (Å²) in [5.41, 5.74) is 5.01. The fourth-order valence-corrected chi connectivity index (χ4v) is 5.13. The van der Waals surface area contributed by atoms with Gasteiger partial charge in [-0.05, 0) is 43.7 Å². The molecule has 1 atom stereocenters. The second kappa shape index (κ2) is 5.55. The third-order valence-corrected chi connectivity index (χ3v) is 6.42. The number of rotatable bonds is 4. The first-order valence-electron chi connectivity index (χ1n) is 7.81. The molecular weight excluding hydrogens is 311 g/mol. The molecule has 2 aliphatic carbocycles. The number of carbonyl (C=O) groups is 1. The Labute approximate surface area is 131 Å². The minimum absolute atomic E-state index is 0.133. The molecule has 2 saturated carbocycles. The second-order valence-electron chi connectivity index (χ2n) is 6.60. The molecule has 22 heavy (non-hydrogen) atoms.